The van der Waals surface area contributed by atoms with Crippen molar-refractivity contribution in [3.63, 3.8) is 0 Å². The van der Waals surface area contributed by atoms with Crippen LogP contribution in [0.2, 0.25) is 0 Å². The largest absolute Gasteiger partial charge is 0.454 e. The highest BCUT2D eigenvalue weighted by Crippen LogP contribution is 2.13. The molecule has 0 aliphatic rings. The molecule has 0 radical (unpaired) electrons. The van der Waals surface area contributed by atoms with Crippen LogP contribution in [0.3, 0.4) is 0 Å². The Labute approximate surface area is 149 Å². The van der Waals surface area contributed by atoms with Crippen molar-refractivity contribution in [3.8, 4) is 6.57 Å². The summed E-state index contributed by atoms with van der Waals surface area (Å²) in [7, 11) is 0. The van der Waals surface area contributed by atoms with E-state index < -0.39 is 23.7 Å². The lowest BCUT2D eigenvalue weighted by molar-refractivity contribution is -0.155. The number of carbonyl (C=O) groups excluding carboxylic acids is 2. The van der Waals surface area contributed by atoms with Crippen molar-refractivity contribution in [2.24, 2.45) is 0 Å². The Bertz CT molecular complexity index is 588. The Morgan fingerprint density at radius 2 is 1.88 bits per heavy atom. The Morgan fingerprint density at radius 3 is 2.48 bits per heavy atom. The van der Waals surface area contributed by atoms with E-state index in [0.717, 1.165) is 5.56 Å². The number of carbonyl (C=O) groups is 2. The number of benzene rings is 1. The van der Waals surface area contributed by atoms with Crippen LogP contribution in [0, 0.1) is 6.57 Å². The second-order valence-electron chi connectivity index (χ2n) is 6.68. The molecular formula is C19H27N2O4+. The molecule has 1 amide bonds. The minimum atomic E-state index is -0.677. The Morgan fingerprint density at radius 1 is 1.20 bits per heavy atom. The molecule has 136 valence electrons. The molecule has 25 heavy (non-hydrogen) atoms. The van der Waals surface area contributed by atoms with E-state index in [2.05, 4.69) is 10.2 Å². The number of rotatable bonds is 8. The molecule has 0 aliphatic heterocycles. The van der Waals surface area contributed by atoms with Crippen LogP contribution >= 0.6 is 0 Å². The van der Waals surface area contributed by atoms with Crippen LogP contribution in [0.25, 0.3) is 4.85 Å². The number of hydrogen-bond acceptors (Lipinski definition) is 4. The van der Waals surface area contributed by atoms with E-state index in [1.807, 2.05) is 30.3 Å². The second kappa shape index (κ2) is 10.3. The van der Waals surface area contributed by atoms with Gasteiger partial charge >= 0.3 is 18.1 Å². The van der Waals surface area contributed by atoms with Crippen molar-refractivity contribution in [3.05, 3.63) is 40.7 Å². The maximum Gasteiger partial charge on any atom is 0.407 e. The molecule has 1 N–H and O–H groups in total. The number of nitrogens with one attached hydrogen (secondary N) is 1. The minimum Gasteiger partial charge on any atom is -0.454 e. The lowest BCUT2D eigenvalue weighted by Gasteiger charge is -2.18. The number of hydrogen-bond donors (Lipinski definition) is 1. The predicted molar refractivity (Wildman–Crippen MR) is 96.4 cm³/mol. The number of esters is 1. The highest BCUT2D eigenvalue weighted by molar-refractivity contribution is 5.78. The van der Waals surface area contributed by atoms with Gasteiger partial charge in [-0.15, -0.1) is 0 Å². The van der Waals surface area contributed by atoms with Crippen LogP contribution in [0.15, 0.2) is 30.3 Å². The topological polar surface area (TPSA) is 69.0 Å². The second-order valence-corrected chi connectivity index (χ2v) is 6.68. The molecule has 6 nitrogen and oxygen atoms in total. The summed E-state index contributed by atoms with van der Waals surface area (Å²) in [6.45, 7) is 11.4. The summed E-state index contributed by atoms with van der Waals surface area (Å²) in [6.07, 6.45) is 1.39. The lowest BCUT2D eigenvalue weighted by Crippen LogP contribution is -2.30. The highest BCUT2D eigenvalue weighted by Gasteiger charge is 2.31. The third-order valence-electron chi connectivity index (χ3n) is 3.25. The van der Waals surface area contributed by atoms with E-state index in [4.69, 9.17) is 16.0 Å². The van der Waals surface area contributed by atoms with Gasteiger partial charge in [0.05, 0.1) is 0 Å². The molecule has 1 rings (SSSR count). The van der Waals surface area contributed by atoms with E-state index >= 15 is 0 Å². The molecule has 6 heteroatoms. The van der Waals surface area contributed by atoms with E-state index in [-0.39, 0.29) is 6.61 Å². The van der Waals surface area contributed by atoms with E-state index in [9.17, 15) is 9.59 Å². The van der Waals surface area contributed by atoms with Gasteiger partial charge in [-0.05, 0) is 39.2 Å². The van der Waals surface area contributed by atoms with Crippen molar-refractivity contribution in [2.75, 3.05) is 6.54 Å². The average Bonchev–Trinajstić information content (AvgIpc) is 2.55. The van der Waals surface area contributed by atoms with E-state index in [1.165, 1.54) is 0 Å². The number of nitrogens with zero attached hydrogens (tertiary/aromatic N) is 1. The lowest BCUT2D eigenvalue weighted by atomic mass is 10.1. The molecule has 0 fully saturated rings. The van der Waals surface area contributed by atoms with Gasteiger partial charge in [0.1, 0.15) is 12.2 Å². The minimum absolute atomic E-state index is 0.236. The molecule has 0 saturated heterocycles. The summed E-state index contributed by atoms with van der Waals surface area (Å²) >= 11 is 0. The van der Waals surface area contributed by atoms with E-state index in [1.54, 1.807) is 20.8 Å². The van der Waals surface area contributed by atoms with Gasteiger partial charge in [-0.1, -0.05) is 35.2 Å². The summed E-state index contributed by atoms with van der Waals surface area (Å²) < 4.78 is 10.4. The predicted octanol–water partition coefficient (Wildman–Crippen LogP) is 3.76. The molecule has 0 saturated carbocycles. The standard InChI is InChI=1S/C19H26N2O4/c1-19(2,3)25-17(22)16(20-4)12-8-9-13-21-18(23)24-14-15-10-6-5-7-11-15/h4-7,10-11,16H,8-9,12-14H2,1-3H3/p+1/t16-/m1/s1. The average molecular weight is 347 g/mol. The van der Waals surface area contributed by atoms with Crippen LogP contribution in [0.1, 0.15) is 45.6 Å². The van der Waals surface area contributed by atoms with Crippen molar-refractivity contribution in [2.45, 2.75) is 58.3 Å². The van der Waals surface area contributed by atoms with Gasteiger partial charge < -0.3 is 14.8 Å². The molecular weight excluding hydrogens is 320 g/mol. The van der Waals surface area contributed by atoms with Crippen LogP contribution in [0.4, 0.5) is 4.79 Å². The highest BCUT2D eigenvalue weighted by atomic mass is 16.6. The van der Waals surface area contributed by atoms with Crippen molar-refractivity contribution >= 4 is 12.1 Å². The quantitative estimate of drug-likeness (QED) is 0.574. The van der Waals surface area contributed by atoms with Crippen molar-refractivity contribution in [1.82, 2.24) is 5.32 Å². The molecule has 1 aromatic carbocycles. The van der Waals surface area contributed by atoms with Crippen molar-refractivity contribution < 1.29 is 19.1 Å². The van der Waals surface area contributed by atoms with Gasteiger partial charge in [0.2, 0.25) is 0 Å². The normalized spacial score (nSPS) is 11.9. The molecule has 0 aromatic heterocycles. The van der Waals surface area contributed by atoms with E-state index in [0.29, 0.717) is 25.8 Å². The molecule has 1 aromatic rings. The van der Waals surface area contributed by atoms with Gasteiger partial charge in [-0.25, -0.2) is 9.59 Å². The van der Waals surface area contributed by atoms with Gasteiger partial charge in [0.15, 0.2) is 0 Å². The fraction of sp³-hybridized carbons (Fsp3) is 0.526. The zero-order valence-corrected chi connectivity index (χ0v) is 15.2. The van der Waals surface area contributed by atoms with Crippen LogP contribution < -0.4 is 5.32 Å². The molecule has 0 heterocycles. The number of amides is 1. The first kappa shape index (κ1) is 20.5. The first-order valence-corrected chi connectivity index (χ1v) is 8.39. The Hall–Kier alpha value is -2.55. The van der Waals surface area contributed by atoms with Crippen LogP contribution in [-0.4, -0.2) is 30.3 Å². The summed E-state index contributed by atoms with van der Waals surface area (Å²) in [5.41, 5.74) is 0.367. The van der Waals surface area contributed by atoms with Crippen molar-refractivity contribution in [1.29, 1.82) is 0 Å². The zero-order valence-electron chi connectivity index (χ0n) is 15.2. The first-order valence-electron chi connectivity index (χ1n) is 8.39. The molecule has 1 atom stereocenters. The maximum absolute atomic E-state index is 11.9. The first-order chi connectivity index (χ1) is 11.8. The van der Waals surface area contributed by atoms with Gasteiger partial charge in [0, 0.05) is 13.0 Å². The molecule has 0 aliphatic carbocycles. The number of alkyl carbamates (subject to hydrolysis) is 1. The van der Waals surface area contributed by atoms with Gasteiger partial charge in [-0.2, -0.15) is 0 Å². The molecule has 0 spiro atoms. The molecule has 0 unspecified atom stereocenters. The zero-order chi connectivity index (χ0) is 18.7. The monoisotopic (exact) mass is 347 g/mol. The summed E-state index contributed by atoms with van der Waals surface area (Å²) in [4.78, 5) is 27.1. The summed E-state index contributed by atoms with van der Waals surface area (Å²) in [6, 6.07) is 8.78. The summed E-state index contributed by atoms with van der Waals surface area (Å²) in [5, 5.41) is 2.67. The third-order valence-corrected chi connectivity index (χ3v) is 3.25. The van der Waals surface area contributed by atoms with Gasteiger partial charge in [-0.3, -0.25) is 0 Å². The van der Waals surface area contributed by atoms with Crippen LogP contribution in [0.5, 0.6) is 0 Å². The molecule has 0 bridgehead atoms. The number of ether oxygens (including phenoxy) is 2. The Kier molecular flexibility index (Phi) is 8.48. The number of unbranched alkanes of at least 4 members (excludes halogenated alkanes) is 1. The SMILES string of the molecule is C#[N+][C@H](CCCCNC(=O)OCc1ccccc1)C(=O)OC(C)(C)C. The van der Waals surface area contributed by atoms with Gasteiger partial charge in [0.25, 0.3) is 6.57 Å². The smallest absolute Gasteiger partial charge is 0.407 e. The Balaban J connectivity index is 2.17. The fourth-order valence-corrected chi connectivity index (χ4v) is 2.05. The summed E-state index contributed by atoms with van der Waals surface area (Å²) in [5.74, 6) is -0.426. The fourth-order valence-electron chi connectivity index (χ4n) is 2.05. The van der Waals surface area contributed by atoms with Crippen LogP contribution in [-0.2, 0) is 20.9 Å². The third kappa shape index (κ3) is 9.36. The maximum atomic E-state index is 11.9.